The van der Waals surface area contributed by atoms with Crippen LogP contribution in [0.1, 0.15) is 32.1 Å². The van der Waals surface area contributed by atoms with E-state index in [9.17, 15) is 4.79 Å². The van der Waals surface area contributed by atoms with E-state index in [0.29, 0.717) is 13.1 Å². The fourth-order valence-corrected chi connectivity index (χ4v) is 2.18. The normalized spacial score (nSPS) is 15.9. The zero-order valence-corrected chi connectivity index (χ0v) is 11.3. The molecule has 2 N–H and O–H groups in total. The molecule has 0 saturated carbocycles. The minimum atomic E-state index is -0.917. The van der Waals surface area contributed by atoms with E-state index in [2.05, 4.69) is 0 Å². The number of carbonyl (C=O) groups is 1. The molecule has 0 bridgehead atoms. The number of nitriles is 3. The Morgan fingerprint density at radius 3 is 2.10 bits per heavy atom. The molecule has 0 aromatic carbocycles. The minimum absolute atomic E-state index is 0.0742. The summed E-state index contributed by atoms with van der Waals surface area (Å²) in [5, 5.41) is 26.6. The summed E-state index contributed by atoms with van der Waals surface area (Å²) in [5.41, 5.74) is 5.24. The molecule has 104 valence electrons. The molecular formula is C14H17N5O. The summed E-state index contributed by atoms with van der Waals surface area (Å²) < 4.78 is 0. The molecule has 0 radical (unpaired) electrons. The molecule has 6 nitrogen and oxygen atoms in total. The Morgan fingerprint density at radius 1 is 1.10 bits per heavy atom. The lowest BCUT2D eigenvalue weighted by Gasteiger charge is -2.21. The summed E-state index contributed by atoms with van der Waals surface area (Å²) in [6.07, 6.45) is 4.09. The fourth-order valence-electron chi connectivity index (χ4n) is 2.18. The summed E-state index contributed by atoms with van der Waals surface area (Å²) in [6.45, 7) is 1.40. The van der Waals surface area contributed by atoms with Crippen molar-refractivity contribution in [1.29, 1.82) is 15.8 Å². The van der Waals surface area contributed by atoms with Gasteiger partial charge in [-0.15, -0.1) is 0 Å². The molecule has 0 unspecified atom stereocenters. The number of hydrogen-bond acceptors (Lipinski definition) is 5. The van der Waals surface area contributed by atoms with E-state index in [1.54, 1.807) is 17.0 Å². The summed E-state index contributed by atoms with van der Waals surface area (Å²) in [6, 6.07) is 5.20. The Kier molecular flexibility index (Phi) is 6.07. The average molecular weight is 271 g/mol. The first-order valence-electron chi connectivity index (χ1n) is 6.61. The van der Waals surface area contributed by atoms with Crippen LogP contribution in [0.25, 0.3) is 0 Å². The highest BCUT2D eigenvalue weighted by Gasteiger charge is 2.23. The second-order valence-electron chi connectivity index (χ2n) is 4.73. The van der Waals surface area contributed by atoms with Gasteiger partial charge in [0.2, 0.25) is 5.91 Å². The number of nitrogens with two attached hydrogens (primary N) is 1. The van der Waals surface area contributed by atoms with Gasteiger partial charge in [-0.2, -0.15) is 15.8 Å². The van der Waals surface area contributed by atoms with Crippen LogP contribution >= 0.6 is 0 Å². The summed E-state index contributed by atoms with van der Waals surface area (Å²) in [7, 11) is 0. The Hall–Kier alpha value is -2.52. The first kappa shape index (κ1) is 15.5. The van der Waals surface area contributed by atoms with Gasteiger partial charge < -0.3 is 10.6 Å². The molecule has 1 heterocycles. The third-order valence-corrected chi connectivity index (χ3v) is 3.38. The van der Waals surface area contributed by atoms with Gasteiger partial charge >= 0.3 is 0 Å². The monoisotopic (exact) mass is 271 g/mol. The molecule has 1 fully saturated rings. The van der Waals surface area contributed by atoms with Crippen molar-refractivity contribution >= 4 is 5.91 Å². The van der Waals surface area contributed by atoms with Crippen LogP contribution < -0.4 is 5.73 Å². The van der Waals surface area contributed by atoms with Crippen LogP contribution in [0.3, 0.4) is 0 Å². The Balaban J connectivity index is 2.77. The van der Waals surface area contributed by atoms with Crippen LogP contribution in [-0.4, -0.2) is 23.9 Å². The lowest BCUT2D eigenvalue weighted by molar-refractivity contribution is -0.131. The van der Waals surface area contributed by atoms with Crippen LogP contribution in [-0.2, 0) is 4.79 Å². The molecule has 1 saturated heterocycles. The maximum absolute atomic E-state index is 12.2. The highest BCUT2D eigenvalue weighted by Crippen LogP contribution is 2.17. The standard InChI is InChI=1S/C14H17N5O/c15-8-11(14(18)12(9-16)10-17)7-13(20)19-5-3-1-2-4-6-19/h11H,1-7,18H2/t11-/m0/s1. The molecule has 1 amide bonds. The smallest absolute Gasteiger partial charge is 0.224 e. The van der Waals surface area contributed by atoms with Crippen LogP contribution in [0.2, 0.25) is 0 Å². The summed E-state index contributed by atoms with van der Waals surface area (Å²) in [5.74, 6) is -1.06. The SMILES string of the molecule is N#CC(C#N)=C(N)[C@H](C#N)CC(=O)N1CCCCCC1. The number of carbonyl (C=O) groups excluding carboxylic acids is 1. The number of nitrogens with zero attached hydrogens (tertiary/aromatic N) is 4. The largest absolute Gasteiger partial charge is 0.399 e. The first-order chi connectivity index (χ1) is 9.63. The van der Waals surface area contributed by atoms with Crippen LogP contribution in [0, 0.1) is 39.9 Å². The molecule has 0 aromatic rings. The van der Waals surface area contributed by atoms with E-state index in [4.69, 9.17) is 21.5 Å². The van der Waals surface area contributed by atoms with E-state index in [-0.39, 0.29) is 23.6 Å². The summed E-state index contributed by atoms with van der Waals surface area (Å²) >= 11 is 0. The van der Waals surface area contributed by atoms with Gasteiger partial charge in [0, 0.05) is 19.5 Å². The van der Waals surface area contributed by atoms with Crippen molar-refractivity contribution in [2.45, 2.75) is 32.1 Å². The molecule has 0 aliphatic carbocycles. The summed E-state index contributed by atoms with van der Waals surface area (Å²) in [4.78, 5) is 13.9. The minimum Gasteiger partial charge on any atom is -0.399 e. The predicted octanol–water partition coefficient (Wildman–Crippen LogP) is 1.18. The van der Waals surface area contributed by atoms with Gasteiger partial charge in [0.05, 0.1) is 17.7 Å². The molecule has 20 heavy (non-hydrogen) atoms. The lowest BCUT2D eigenvalue weighted by atomic mass is 9.99. The van der Waals surface area contributed by atoms with E-state index in [1.807, 2.05) is 6.07 Å². The maximum atomic E-state index is 12.2. The Bertz CT molecular complexity index is 493. The van der Waals surface area contributed by atoms with Gasteiger partial charge in [-0.25, -0.2) is 0 Å². The first-order valence-corrected chi connectivity index (χ1v) is 6.61. The maximum Gasteiger partial charge on any atom is 0.224 e. The number of likely N-dealkylation sites (tertiary alicyclic amines) is 1. The highest BCUT2D eigenvalue weighted by molar-refractivity contribution is 5.77. The number of allylic oxidation sites excluding steroid dienone is 2. The van der Waals surface area contributed by atoms with Gasteiger partial charge in [-0.05, 0) is 12.8 Å². The molecule has 0 aromatic heterocycles. The number of amides is 1. The average Bonchev–Trinajstić information content (AvgIpc) is 2.74. The molecule has 1 atom stereocenters. The molecule has 1 aliphatic rings. The van der Waals surface area contributed by atoms with Crippen molar-refractivity contribution in [1.82, 2.24) is 4.90 Å². The van der Waals surface area contributed by atoms with E-state index in [0.717, 1.165) is 25.7 Å². The highest BCUT2D eigenvalue weighted by atomic mass is 16.2. The Labute approximate surface area is 118 Å². The fraction of sp³-hybridized carbons (Fsp3) is 0.571. The van der Waals surface area contributed by atoms with Crippen LogP contribution in [0.5, 0.6) is 0 Å². The lowest BCUT2D eigenvalue weighted by Crippen LogP contribution is -2.33. The van der Waals surface area contributed by atoms with Gasteiger partial charge in [-0.1, -0.05) is 12.8 Å². The van der Waals surface area contributed by atoms with Gasteiger partial charge in [0.25, 0.3) is 0 Å². The second-order valence-corrected chi connectivity index (χ2v) is 4.73. The number of rotatable bonds is 3. The molecule has 6 heteroatoms. The second kappa shape index (κ2) is 7.81. The van der Waals surface area contributed by atoms with Crippen LogP contribution in [0.15, 0.2) is 11.3 Å². The topological polar surface area (TPSA) is 118 Å². The third kappa shape index (κ3) is 4.00. The van der Waals surface area contributed by atoms with Gasteiger partial charge in [0.15, 0.2) is 0 Å². The molecule has 1 aliphatic heterocycles. The zero-order valence-electron chi connectivity index (χ0n) is 11.3. The van der Waals surface area contributed by atoms with Crippen molar-refractivity contribution in [3.63, 3.8) is 0 Å². The molecular weight excluding hydrogens is 254 g/mol. The Morgan fingerprint density at radius 2 is 1.65 bits per heavy atom. The predicted molar refractivity (Wildman–Crippen MR) is 71.2 cm³/mol. The van der Waals surface area contributed by atoms with Crippen molar-refractivity contribution in [3.8, 4) is 18.2 Å². The van der Waals surface area contributed by atoms with Crippen molar-refractivity contribution in [2.75, 3.05) is 13.1 Å². The molecule has 1 rings (SSSR count). The van der Waals surface area contributed by atoms with E-state index >= 15 is 0 Å². The van der Waals surface area contributed by atoms with Crippen molar-refractivity contribution < 1.29 is 4.79 Å². The molecule has 0 spiro atoms. The van der Waals surface area contributed by atoms with Crippen molar-refractivity contribution in [2.24, 2.45) is 11.7 Å². The van der Waals surface area contributed by atoms with Gasteiger partial charge in [-0.3, -0.25) is 4.79 Å². The third-order valence-electron chi connectivity index (χ3n) is 3.38. The number of hydrogen-bond donors (Lipinski definition) is 1. The quantitative estimate of drug-likeness (QED) is 0.773. The van der Waals surface area contributed by atoms with Gasteiger partial charge in [0.1, 0.15) is 17.7 Å². The van der Waals surface area contributed by atoms with E-state index < -0.39 is 5.92 Å². The zero-order chi connectivity index (χ0) is 15.0. The van der Waals surface area contributed by atoms with Crippen molar-refractivity contribution in [3.05, 3.63) is 11.3 Å². The van der Waals surface area contributed by atoms with Crippen LogP contribution in [0.4, 0.5) is 0 Å². The van der Waals surface area contributed by atoms with E-state index in [1.165, 1.54) is 0 Å².